The Kier molecular flexibility index (Phi) is 9.44. The second-order valence-electron chi connectivity index (χ2n) is 6.18. The van der Waals surface area contributed by atoms with E-state index in [0.29, 0.717) is 12.0 Å². The highest BCUT2D eigenvalue weighted by atomic mass is 16.5. The molecule has 2 N–H and O–H groups in total. The molecule has 4 nitrogen and oxygen atoms in total. The molecule has 1 aliphatic rings. The minimum Gasteiger partial charge on any atom is -0.383 e. The van der Waals surface area contributed by atoms with Gasteiger partial charge in [-0.25, -0.2) is 0 Å². The Morgan fingerprint density at radius 1 is 1.10 bits per heavy atom. The van der Waals surface area contributed by atoms with Crippen molar-refractivity contribution in [2.75, 3.05) is 47.1 Å². The van der Waals surface area contributed by atoms with Gasteiger partial charge in [0.1, 0.15) is 0 Å². The molecule has 0 aromatic heterocycles. The van der Waals surface area contributed by atoms with Crippen molar-refractivity contribution in [2.45, 2.75) is 45.1 Å². The molecule has 0 bridgehead atoms. The summed E-state index contributed by atoms with van der Waals surface area (Å²) < 4.78 is 10.4. The third kappa shape index (κ3) is 6.53. The molecule has 3 atom stereocenters. The van der Waals surface area contributed by atoms with Crippen molar-refractivity contribution in [2.24, 2.45) is 17.6 Å². The molecule has 0 saturated heterocycles. The summed E-state index contributed by atoms with van der Waals surface area (Å²) in [5.74, 6) is 1.52. The highest BCUT2D eigenvalue weighted by Gasteiger charge is 2.28. The van der Waals surface area contributed by atoms with Crippen LogP contribution in [0.4, 0.5) is 0 Å². The number of hydrogen-bond donors (Lipinski definition) is 1. The van der Waals surface area contributed by atoms with Crippen LogP contribution in [0.15, 0.2) is 0 Å². The predicted octanol–water partition coefficient (Wildman–Crippen LogP) is 2.12. The molecule has 0 amide bonds. The number of rotatable bonds is 10. The summed E-state index contributed by atoms with van der Waals surface area (Å²) in [6, 6.07) is 0.371. The Hall–Kier alpha value is -0.160. The maximum Gasteiger partial charge on any atom is 0.0589 e. The molecule has 120 valence electrons. The third-order valence-electron chi connectivity index (χ3n) is 4.56. The van der Waals surface area contributed by atoms with Gasteiger partial charge in [0.05, 0.1) is 13.2 Å². The van der Waals surface area contributed by atoms with Gasteiger partial charge in [-0.1, -0.05) is 19.8 Å². The van der Waals surface area contributed by atoms with Crippen molar-refractivity contribution in [1.29, 1.82) is 0 Å². The van der Waals surface area contributed by atoms with Crippen LogP contribution in [0.25, 0.3) is 0 Å². The molecule has 0 radical (unpaired) electrons. The first-order valence-corrected chi connectivity index (χ1v) is 8.17. The van der Waals surface area contributed by atoms with Gasteiger partial charge in [0, 0.05) is 39.9 Å². The van der Waals surface area contributed by atoms with E-state index in [9.17, 15) is 0 Å². The molecule has 1 saturated carbocycles. The van der Waals surface area contributed by atoms with E-state index < -0.39 is 0 Å². The van der Waals surface area contributed by atoms with E-state index in [-0.39, 0.29) is 0 Å². The standard InChI is InChI=1S/C16H34N2O2/c1-4-5-14-6-7-16(17)15(12-14)13-18(8-10-19-2)9-11-20-3/h14-16H,4-13,17H2,1-3H3. The summed E-state index contributed by atoms with van der Waals surface area (Å²) in [7, 11) is 3.52. The normalized spacial score (nSPS) is 27.1. The van der Waals surface area contributed by atoms with Crippen molar-refractivity contribution >= 4 is 0 Å². The molecule has 1 aliphatic carbocycles. The Morgan fingerprint density at radius 3 is 2.30 bits per heavy atom. The first kappa shape index (κ1) is 17.9. The molecule has 0 aromatic carbocycles. The summed E-state index contributed by atoms with van der Waals surface area (Å²) >= 11 is 0. The molecular weight excluding hydrogens is 252 g/mol. The molecule has 4 heteroatoms. The fraction of sp³-hybridized carbons (Fsp3) is 1.00. The monoisotopic (exact) mass is 286 g/mol. The summed E-state index contributed by atoms with van der Waals surface area (Å²) in [6.45, 7) is 6.89. The van der Waals surface area contributed by atoms with E-state index in [1.54, 1.807) is 14.2 Å². The van der Waals surface area contributed by atoms with Gasteiger partial charge >= 0.3 is 0 Å². The lowest BCUT2D eigenvalue weighted by Crippen LogP contribution is -2.44. The van der Waals surface area contributed by atoms with Crippen LogP contribution in [0, 0.1) is 11.8 Å². The Bertz CT molecular complexity index is 231. The van der Waals surface area contributed by atoms with Gasteiger partial charge in [-0.3, -0.25) is 4.90 Å². The molecule has 1 rings (SSSR count). The first-order valence-electron chi connectivity index (χ1n) is 8.17. The highest BCUT2D eigenvalue weighted by Crippen LogP contribution is 2.31. The van der Waals surface area contributed by atoms with Gasteiger partial charge in [-0.05, 0) is 31.1 Å². The summed E-state index contributed by atoms with van der Waals surface area (Å²) in [5.41, 5.74) is 6.35. The quantitative estimate of drug-likeness (QED) is 0.668. The average Bonchev–Trinajstić information content (AvgIpc) is 2.45. The molecule has 0 aromatic rings. The van der Waals surface area contributed by atoms with Crippen molar-refractivity contribution < 1.29 is 9.47 Å². The van der Waals surface area contributed by atoms with Crippen LogP contribution in [0.5, 0.6) is 0 Å². The van der Waals surface area contributed by atoms with Crippen LogP contribution in [-0.4, -0.2) is 58.0 Å². The van der Waals surface area contributed by atoms with Gasteiger partial charge in [0.25, 0.3) is 0 Å². The summed E-state index contributed by atoms with van der Waals surface area (Å²) in [6.07, 6.45) is 6.47. The fourth-order valence-electron chi connectivity index (χ4n) is 3.33. The molecule has 0 heterocycles. The lowest BCUT2D eigenvalue weighted by Gasteiger charge is -2.37. The van der Waals surface area contributed by atoms with E-state index >= 15 is 0 Å². The number of ether oxygens (including phenoxy) is 2. The van der Waals surface area contributed by atoms with Crippen LogP contribution >= 0.6 is 0 Å². The zero-order valence-corrected chi connectivity index (χ0v) is 13.6. The predicted molar refractivity (Wildman–Crippen MR) is 83.9 cm³/mol. The van der Waals surface area contributed by atoms with Crippen molar-refractivity contribution in [3.05, 3.63) is 0 Å². The van der Waals surface area contributed by atoms with Gasteiger partial charge < -0.3 is 15.2 Å². The number of nitrogens with zero attached hydrogens (tertiary/aromatic N) is 1. The molecular formula is C16H34N2O2. The van der Waals surface area contributed by atoms with E-state index in [1.165, 1.54) is 32.1 Å². The fourth-order valence-corrected chi connectivity index (χ4v) is 3.33. The second kappa shape index (κ2) is 10.6. The van der Waals surface area contributed by atoms with Crippen LogP contribution in [0.2, 0.25) is 0 Å². The lowest BCUT2D eigenvalue weighted by molar-refractivity contribution is 0.0872. The van der Waals surface area contributed by atoms with E-state index in [1.807, 2.05) is 0 Å². The van der Waals surface area contributed by atoms with Crippen molar-refractivity contribution in [3.8, 4) is 0 Å². The second-order valence-corrected chi connectivity index (χ2v) is 6.18. The molecule has 20 heavy (non-hydrogen) atoms. The van der Waals surface area contributed by atoms with Crippen LogP contribution < -0.4 is 5.73 Å². The highest BCUT2D eigenvalue weighted by molar-refractivity contribution is 4.84. The first-order chi connectivity index (χ1) is 9.71. The minimum atomic E-state index is 0.371. The Balaban J connectivity index is 2.45. The van der Waals surface area contributed by atoms with Crippen molar-refractivity contribution in [3.63, 3.8) is 0 Å². The maximum absolute atomic E-state index is 6.35. The topological polar surface area (TPSA) is 47.7 Å². The Morgan fingerprint density at radius 2 is 1.75 bits per heavy atom. The number of nitrogens with two attached hydrogens (primary N) is 1. The summed E-state index contributed by atoms with van der Waals surface area (Å²) in [5, 5.41) is 0. The van der Waals surface area contributed by atoms with E-state index in [4.69, 9.17) is 15.2 Å². The molecule has 0 spiro atoms. The molecule has 1 fully saturated rings. The van der Waals surface area contributed by atoms with Crippen LogP contribution in [0.1, 0.15) is 39.0 Å². The number of hydrogen-bond acceptors (Lipinski definition) is 4. The van der Waals surface area contributed by atoms with E-state index in [0.717, 1.165) is 38.8 Å². The zero-order valence-electron chi connectivity index (χ0n) is 13.6. The maximum atomic E-state index is 6.35. The smallest absolute Gasteiger partial charge is 0.0589 e. The summed E-state index contributed by atoms with van der Waals surface area (Å²) in [4.78, 5) is 2.45. The lowest BCUT2D eigenvalue weighted by atomic mass is 9.76. The SMILES string of the molecule is CCCC1CCC(N)C(CN(CCOC)CCOC)C1. The van der Waals surface area contributed by atoms with Gasteiger partial charge in [0.15, 0.2) is 0 Å². The Labute approximate surface area is 125 Å². The van der Waals surface area contributed by atoms with Gasteiger partial charge in [-0.15, -0.1) is 0 Å². The minimum absolute atomic E-state index is 0.371. The average molecular weight is 286 g/mol. The third-order valence-corrected chi connectivity index (χ3v) is 4.56. The van der Waals surface area contributed by atoms with Gasteiger partial charge in [0.2, 0.25) is 0 Å². The van der Waals surface area contributed by atoms with Crippen LogP contribution in [-0.2, 0) is 9.47 Å². The van der Waals surface area contributed by atoms with E-state index in [2.05, 4.69) is 11.8 Å². The van der Waals surface area contributed by atoms with Gasteiger partial charge in [-0.2, -0.15) is 0 Å². The van der Waals surface area contributed by atoms with Crippen LogP contribution in [0.3, 0.4) is 0 Å². The zero-order chi connectivity index (χ0) is 14.8. The largest absolute Gasteiger partial charge is 0.383 e. The number of methoxy groups -OCH3 is 2. The molecule has 0 aliphatic heterocycles. The van der Waals surface area contributed by atoms with Crippen molar-refractivity contribution in [1.82, 2.24) is 4.90 Å². The molecule has 3 unspecified atom stereocenters.